The van der Waals surface area contributed by atoms with Gasteiger partial charge in [-0.05, 0) is 12.1 Å². The summed E-state index contributed by atoms with van der Waals surface area (Å²) in [6.07, 6.45) is -6.46. The van der Waals surface area contributed by atoms with Crippen molar-refractivity contribution in [2.24, 2.45) is 0 Å². The Balaban J connectivity index is 1.88. The average molecular weight is 391 g/mol. The van der Waals surface area contributed by atoms with Gasteiger partial charge >= 0.3 is 12.4 Å². The van der Waals surface area contributed by atoms with Gasteiger partial charge in [-0.2, -0.15) is 9.97 Å². The van der Waals surface area contributed by atoms with Gasteiger partial charge in [-0.3, -0.25) is 0 Å². The van der Waals surface area contributed by atoms with E-state index in [9.17, 15) is 26.3 Å². The molecule has 0 aliphatic carbocycles. The normalized spacial score (nSPS) is 11.7. The second-order valence-corrected chi connectivity index (χ2v) is 4.88. The maximum absolute atomic E-state index is 14.2. The predicted molar refractivity (Wildman–Crippen MR) is 75.6 cm³/mol. The highest BCUT2D eigenvalue weighted by atomic mass is 19.4. The Kier molecular flexibility index (Phi) is 4.88. The van der Waals surface area contributed by atoms with Crippen molar-refractivity contribution < 1.29 is 40.3 Å². The molecule has 0 radical (unpaired) electrons. The van der Waals surface area contributed by atoms with Gasteiger partial charge in [-0.25, -0.2) is 13.2 Å². The van der Waals surface area contributed by atoms with E-state index in [2.05, 4.69) is 19.9 Å². The number of benzene rings is 1. The van der Waals surface area contributed by atoms with Crippen molar-refractivity contribution in [3.8, 4) is 28.8 Å². The molecular weight excluding hydrogens is 384 g/mol. The van der Waals surface area contributed by atoms with Crippen LogP contribution in [0.15, 0.2) is 41.2 Å². The van der Waals surface area contributed by atoms with Crippen LogP contribution in [0.2, 0.25) is 0 Å². The number of nitrogens with zero attached hydrogens (tertiary/aromatic N) is 3. The molecule has 0 bridgehead atoms. The third kappa shape index (κ3) is 4.46. The lowest BCUT2D eigenvalue weighted by molar-refractivity contribution is -0.274. The first-order chi connectivity index (χ1) is 12.7. The Hall–Kier alpha value is -3.31. The standard InChI is InChI=1S/C15H7F6N3O3/c16-8-2-1-3-10(12(8)11-4-9(13(17)18)24-27-11)25-14-22-5-7(6-23-14)26-15(19,20)21/h1-6,13H. The number of ether oxygens (including phenoxy) is 2. The maximum atomic E-state index is 14.2. The number of hydrogen-bond acceptors (Lipinski definition) is 6. The molecular formula is C15H7F6N3O3. The van der Waals surface area contributed by atoms with Crippen LogP contribution < -0.4 is 9.47 Å². The van der Waals surface area contributed by atoms with Gasteiger partial charge in [0.15, 0.2) is 11.5 Å². The molecule has 6 nitrogen and oxygen atoms in total. The number of hydrogen-bond donors (Lipinski definition) is 0. The molecule has 0 saturated heterocycles. The van der Waals surface area contributed by atoms with E-state index in [0.29, 0.717) is 12.4 Å². The van der Waals surface area contributed by atoms with Crippen molar-refractivity contribution in [3.05, 3.63) is 48.2 Å². The molecule has 0 unspecified atom stereocenters. The third-order valence-corrected chi connectivity index (χ3v) is 3.01. The molecule has 0 aliphatic rings. The molecule has 0 N–H and O–H groups in total. The Morgan fingerprint density at radius 1 is 1.07 bits per heavy atom. The zero-order valence-electron chi connectivity index (χ0n) is 12.9. The first-order valence-corrected chi connectivity index (χ1v) is 7.02. The molecule has 142 valence electrons. The van der Waals surface area contributed by atoms with Crippen molar-refractivity contribution in [1.82, 2.24) is 15.1 Å². The molecule has 0 saturated carbocycles. The Labute approximate surface area is 146 Å². The highest BCUT2D eigenvalue weighted by molar-refractivity contribution is 5.67. The number of alkyl halides is 5. The minimum absolute atomic E-state index is 0.226. The van der Waals surface area contributed by atoms with Crippen LogP contribution in [0.4, 0.5) is 26.3 Å². The molecule has 0 spiro atoms. The average Bonchev–Trinajstić information content (AvgIpc) is 3.05. The Morgan fingerprint density at radius 2 is 1.78 bits per heavy atom. The van der Waals surface area contributed by atoms with Crippen molar-refractivity contribution in [3.63, 3.8) is 0 Å². The Bertz CT molecular complexity index is 927. The molecule has 1 aromatic carbocycles. The summed E-state index contributed by atoms with van der Waals surface area (Å²) < 4.78 is 89.3. The summed E-state index contributed by atoms with van der Waals surface area (Å²) in [5.41, 5.74) is -1.04. The highest BCUT2D eigenvalue weighted by Gasteiger charge is 2.31. The lowest BCUT2D eigenvalue weighted by atomic mass is 10.1. The third-order valence-electron chi connectivity index (χ3n) is 3.01. The largest absolute Gasteiger partial charge is 0.573 e. The molecule has 2 aromatic heterocycles. The van der Waals surface area contributed by atoms with Crippen LogP contribution in [0.5, 0.6) is 17.5 Å². The van der Waals surface area contributed by atoms with E-state index in [4.69, 9.17) is 9.26 Å². The van der Waals surface area contributed by atoms with Crippen molar-refractivity contribution in [1.29, 1.82) is 0 Å². The fourth-order valence-electron chi connectivity index (χ4n) is 1.98. The monoisotopic (exact) mass is 391 g/mol. The van der Waals surface area contributed by atoms with Gasteiger partial charge in [0.2, 0.25) is 0 Å². The summed E-state index contributed by atoms with van der Waals surface area (Å²) in [7, 11) is 0. The molecule has 12 heteroatoms. The Morgan fingerprint density at radius 3 is 2.37 bits per heavy atom. The van der Waals surface area contributed by atoms with Gasteiger partial charge in [-0.1, -0.05) is 11.2 Å². The summed E-state index contributed by atoms with van der Waals surface area (Å²) >= 11 is 0. The van der Waals surface area contributed by atoms with Crippen LogP contribution in [0.1, 0.15) is 12.1 Å². The van der Waals surface area contributed by atoms with E-state index in [1.807, 2.05) is 0 Å². The summed E-state index contributed by atoms with van der Waals surface area (Å²) in [6.45, 7) is 0. The van der Waals surface area contributed by atoms with Gasteiger partial charge in [0.25, 0.3) is 6.43 Å². The van der Waals surface area contributed by atoms with E-state index in [-0.39, 0.29) is 17.1 Å². The SMILES string of the molecule is Fc1cccc(Oc2ncc(OC(F)(F)F)cn2)c1-c1cc(C(F)F)no1. The van der Waals surface area contributed by atoms with Crippen LogP contribution in [0.3, 0.4) is 0 Å². The van der Waals surface area contributed by atoms with Gasteiger partial charge in [0.1, 0.15) is 17.3 Å². The fourth-order valence-corrected chi connectivity index (χ4v) is 1.98. The first-order valence-electron chi connectivity index (χ1n) is 7.02. The summed E-state index contributed by atoms with van der Waals surface area (Å²) in [5, 5.41) is 3.13. The van der Waals surface area contributed by atoms with Gasteiger partial charge in [0.05, 0.1) is 18.0 Å². The molecule has 3 aromatic rings. The molecule has 0 atom stereocenters. The van der Waals surface area contributed by atoms with E-state index in [0.717, 1.165) is 12.1 Å². The molecule has 0 amide bonds. The van der Waals surface area contributed by atoms with Crippen molar-refractivity contribution >= 4 is 0 Å². The zero-order chi connectivity index (χ0) is 19.6. The van der Waals surface area contributed by atoms with Gasteiger partial charge < -0.3 is 14.0 Å². The van der Waals surface area contributed by atoms with Crippen LogP contribution in [-0.4, -0.2) is 21.5 Å². The topological polar surface area (TPSA) is 70.3 Å². The number of aromatic nitrogens is 3. The molecule has 0 aliphatic heterocycles. The first kappa shape index (κ1) is 18.5. The molecule has 27 heavy (non-hydrogen) atoms. The van der Waals surface area contributed by atoms with Crippen LogP contribution in [-0.2, 0) is 0 Å². The minimum atomic E-state index is -4.92. The van der Waals surface area contributed by atoms with Crippen LogP contribution >= 0.6 is 0 Å². The molecule has 0 fully saturated rings. The van der Waals surface area contributed by atoms with E-state index in [1.165, 1.54) is 12.1 Å². The second-order valence-electron chi connectivity index (χ2n) is 4.88. The minimum Gasteiger partial charge on any atom is -0.423 e. The highest BCUT2D eigenvalue weighted by Crippen LogP contribution is 2.36. The van der Waals surface area contributed by atoms with E-state index >= 15 is 0 Å². The second kappa shape index (κ2) is 7.13. The van der Waals surface area contributed by atoms with E-state index < -0.39 is 36.1 Å². The van der Waals surface area contributed by atoms with Crippen molar-refractivity contribution in [2.75, 3.05) is 0 Å². The molecule has 2 heterocycles. The maximum Gasteiger partial charge on any atom is 0.573 e. The van der Waals surface area contributed by atoms with Crippen LogP contribution in [0.25, 0.3) is 11.3 Å². The fraction of sp³-hybridized carbons (Fsp3) is 0.133. The predicted octanol–water partition coefficient (Wildman–Crippen LogP) is 4.90. The summed E-state index contributed by atoms with van der Waals surface area (Å²) in [6, 6.07) is 3.92. The quantitative estimate of drug-likeness (QED) is 0.577. The lowest BCUT2D eigenvalue weighted by Crippen LogP contribution is -2.17. The van der Waals surface area contributed by atoms with Crippen LogP contribution in [0, 0.1) is 5.82 Å². The van der Waals surface area contributed by atoms with E-state index in [1.54, 1.807) is 0 Å². The summed E-state index contributed by atoms with van der Waals surface area (Å²) in [5.74, 6) is -2.13. The molecule has 3 rings (SSSR count). The smallest absolute Gasteiger partial charge is 0.423 e. The number of rotatable bonds is 5. The lowest BCUT2D eigenvalue weighted by Gasteiger charge is -2.10. The van der Waals surface area contributed by atoms with Gasteiger partial charge in [-0.15, -0.1) is 13.2 Å². The van der Waals surface area contributed by atoms with Gasteiger partial charge in [0, 0.05) is 6.07 Å². The van der Waals surface area contributed by atoms with Crippen molar-refractivity contribution in [2.45, 2.75) is 12.8 Å². The zero-order valence-corrected chi connectivity index (χ0v) is 12.9. The number of halogens is 6. The summed E-state index contributed by atoms with van der Waals surface area (Å²) in [4.78, 5) is 7.02.